The molecule has 0 aliphatic carbocycles. The SMILES string of the molecule is O=C1NCc2c1cccc2-c1cnc(N2CCNCC2)nc1. The van der Waals surface area contributed by atoms with Gasteiger partial charge in [-0.3, -0.25) is 4.79 Å². The van der Waals surface area contributed by atoms with Crippen molar-refractivity contribution in [1.82, 2.24) is 20.6 Å². The molecule has 0 atom stereocenters. The van der Waals surface area contributed by atoms with Crippen LogP contribution in [0.1, 0.15) is 15.9 Å². The van der Waals surface area contributed by atoms with E-state index >= 15 is 0 Å². The molecular formula is C16H17N5O. The summed E-state index contributed by atoms with van der Waals surface area (Å²) in [6.07, 6.45) is 3.70. The molecule has 2 aliphatic rings. The maximum absolute atomic E-state index is 11.8. The summed E-state index contributed by atoms with van der Waals surface area (Å²) in [7, 11) is 0. The number of carbonyl (C=O) groups excluding carboxylic acids is 1. The number of amides is 1. The van der Waals surface area contributed by atoms with E-state index in [0.717, 1.165) is 54.4 Å². The van der Waals surface area contributed by atoms with Gasteiger partial charge >= 0.3 is 0 Å². The molecule has 22 heavy (non-hydrogen) atoms. The van der Waals surface area contributed by atoms with Crippen LogP contribution in [0.2, 0.25) is 0 Å². The lowest BCUT2D eigenvalue weighted by atomic mass is 9.99. The zero-order valence-corrected chi connectivity index (χ0v) is 12.2. The molecule has 6 nitrogen and oxygen atoms in total. The Labute approximate surface area is 128 Å². The van der Waals surface area contributed by atoms with Gasteiger partial charge in [0.25, 0.3) is 5.91 Å². The monoisotopic (exact) mass is 295 g/mol. The lowest BCUT2D eigenvalue weighted by Crippen LogP contribution is -2.44. The average molecular weight is 295 g/mol. The smallest absolute Gasteiger partial charge is 0.251 e. The topological polar surface area (TPSA) is 70.2 Å². The lowest BCUT2D eigenvalue weighted by Gasteiger charge is -2.27. The first kappa shape index (κ1) is 13.2. The fourth-order valence-corrected chi connectivity index (χ4v) is 3.01. The summed E-state index contributed by atoms with van der Waals surface area (Å²) in [6, 6.07) is 5.78. The van der Waals surface area contributed by atoms with Crippen LogP contribution in [-0.2, 0) is 6.54 Å². The second kappa shape index (κ2) is 5.38. The van der Waals surface area contributed by atoms with Gasteiger partial charge in [-0.05, 0) is 17.2 Å². The minimum Gasteiger partial charge on any atom is -0.348 e. The number of piperazine rings is 1. The molecule has 1 aromatic heterocycles. The quantitative estimate of drug-likeness (QED) is 0.857. The highest BCUT2D eigenvalue weighted by Gasteiger charge is 2.22. The van der Waals surface area contributed by atoms with Crippen molar-refractivity contribution in [3.05, 3.63) is 41.7 Å². The minimum absolute atomic E-state index is 0.00444. The van der Waals surface area contributed by atoms with Gasteiger partial charge in [0.2, 0.25) is 5.95 Å². The van der Waals surface area contributed by atoms with Gasteiger partial charge < -0.3 is 15.5 Å². The molecular weight excluding hydrogens is 278 g/mol. The van der Waals surface area contributed by atoms with Crippen molar-refractivity contribution in [1.29, 1.82) is 0 Å². The largest absolute Gasteiger partial charge is 0.348 e. The van der Waals surface area contributed by atoms with Crippen LogP contribution in [0.4, 0.5) is 5.95 Å². The van der Waals surface area contributed by atoms with Crippen molar-refractivity contribution in [2.45, 2.75) is 6.54 Å². The molecule has 2 aliphatic heterocycles. The number of rotatable bonds is 2. The highest BCUT2D eigenvalue weighted by Crippen LogP contribution is 2.28. The van der Waals surface area contributed by atoms with Gasteiger partial charge in [-0.15, -0.1) is 0 Å². The zero-order chi connectivity index (χ0) is 14.9. The van der Waals surface area contributed by atoms with Gasteiger partial charge in [0.05, 0.1) is 0 Å². The number of hydrogen-bond donors (Lipinski definition) is 2. The molecule has 3 heterocycles. The lowest BCUT2D eigenvalue weighted by molar-refractivity contribution is 0.0966. The zero-order valence-electron chi connectivity index (χ0n) is 12.2. The molecule has 1 aromatic carbocycles. The Morgan fingerprint density at radius 2 is 1.77 bits per heavy atom. The second-order valence-electron chi connectivity index (χ2n) is 5.52. The fraction of sp³-hybridized carbons (Fsp3) is 0.312. The molecule has 0 radical (unpaired) electrons. The molecule has 112 valence electrons. The summed E-state index contributed by atoms with van der Waals surface area (Å²) in [5.74, 6) is 0.766. The van der Waals surface area contributed by atoms with E-state index in [1.807, 2.05) is 30.6 Å². The molecule has 1 amide bonds. The molecule has 0 bridgehead atoms. The summed E-state index contributed by atoms with van der Waals surface area (Å²) >= 11 is 0. The molecule has 1 fully saturated rings. The number of aromatic nitrogens is 2. The molecule has 4 rings (SSSR count). The van der Waals surface area contributed by atoms with E-state index < -0.39 is 0 Å². The van der Waals surface area contributed by atoms with E-state index in [1.54, 1.807) is 0 Å². The number of anilines is 1. The third-order valence-corrected chi connectivity index (χ3v) is 4.20. The van der Waals surface area contributed by atoms with Gasteiger partial charge in [0, 0.05) is 56.2 Å². The third-order valence-electron chi connectivity index (χ3n) is 4.20. The van der Waals surface area contributed by atoms with Crippen LogP contribution in [0.25, 0.3) is 11.1 Å². The molecule has 0 saturated carbocycles. The van der Waals surface area contributed by atoms with Gasteiger partial charge in [0.15, 0.2) is 0 Å². The summed E-state index contributed by atoms with van der Waals surface area (Å²) in [4.78, 5) is 22.9. The van der Waals surface area contributed by atoms with E-state index in [-0.39, 0.29) is 5.91 Å². The number of nitrogens with one attached hydrogen (secondary N) is 2. The van der Waals surface area contributed by atoms with Gasteiger partial charge in [0.1, 0.15) is 0 Å². The maximum atomic E-state index is 11.8. The van der Waals surface area contributed by atoms with Crippen LogP contribution in [0.5, 0.6) is 0 Å². The van der Waals surface area contributed by atoms with Crippen molar-refractivity contribution in [3.63, 3.8) is 0 Å². The molecule has 2 aromatic rings. The van der Waals surface area contributed by atoms with E-state index in [0.29, 0.717) is 6.54 Å². The molecule has 0 spiro atoms. The Morgan fingerprint density at radius 3 is 2.55 bits per heavy atom. The average Bonchev–Trinajstić information content (AvgIpc) is 2.97. The first-order valence-electron chi connectivity index (χ1n) is 7.51. The van der Waals surface area contributed by atoms with E-state index in [9.17, 15) is 4.79 Å². The Morgan fingerprint density at radius 1 is 1.05 bits per heavy atom. The van der Waals surface area contributed by atoms with Crippen LogP contribution in [0, 0.1) is 0 Å². The first-order valence-corrected chi connectivity index (χ1v) is 7.51. The molecule has 0 unspecified atom stereocenters. The Balaban J connectivity index is 1.65. The highest BCUT2D eigenvalue weighted by atomic mass is 16.1. The maximum Gasteiger partial charge on any atom is 0.251 e. The van der Waals surface area contributed by atoms with Crippen LogP contribution in [0.3, 0.4) is 0 Å². The second-order valence-corrected chi connectivity index (χ2v) is 5.52. The molecule has 2 N–H and O–H groups in total. The summed E-state index contributed by atoms with van der Waals surface area (Å²) in [5, 5.41) is 6.18. The Hall–Kier alpha value is -2.47. The van der Waals surface area contributed by atoms with Crippen LogP contribution < -0.4 is 15.5 Å². The first-order chi connectivity index (χ1) is 10.8. The Kier molecular flexibility index (Phi) is 3.23. The summed E-state index contributed by atoms with van der Waals surface area (Å²) < 4.78 is 0. The van der Waals surface area contributed by atoms with Crippen LogP contribution >= 0.6 is 0 Å². The minimum atomic E-state index is -0.00444. The van der Waals surface area contributed by atoms with E-state index in [1.165, 1.54) is 0 Å². The van der Waals surface area contributed by atoms with Gasteiger partial charge in [-0.25, -0.2) is 9.97 Å². The van der Waals surface area contributed by atoms with Crippen molar-refractivity contribution in [3.8, 4) is 11.1 Å². The van der Waals surface area contributed by atoms with Crippen molar-refractivity contribution in [2.24, 2.45) is 0 Å². The van der Waals surface area contributed by atoms with Crippen molar-refractivity contribution < 1.29 is 4.79 Å². The number of fused-ring (bicyclic) bond motifs is 1. The highest BCUT2D eigenvalue weighted by molar-refractivity contribution is 6.00. The summed E-state index contributed by atoms with van der Waals surface area (Å²) in [6.45, 7) is 4.36. The van der Waals surface area contributed by atoms with Gasteiger partial charge in [-0.1, -0.05) is 12.1 Å². The van der Waals surface area contributed by atoms with E-state index in [4.69, 9.17) is 0 Å². The number of hydrogen-bond acceptors (Lipinski definition) is 5. The number of benzene rings is 1. The number of carbonyl (C=O) groups is 1. The normalized spacial score (nSPS) is 17.3. The van der Waals surface area contributed by atoms with Crippen LogP contribution in [-0.4, -0.2) is 42.1 Å². The predicted octanol–water partition coefficient (Wildman–Crippen LogP) is 0.797. The Bertz CT molecular complexity index is 707. The standard InChI is InChI=1S/C16H17N5O/c22-15-13-3-1-2-12(14(13)10-18-15)11-8-19-16(20-9-11)21-6-4-17-5-7-21/h1-3,8-9,17H,4-7,10H2,(H,18,22). The van der Waals surface area contributed by atoms with Crippen molar-refractivity contribution in [2.75, 3.05) is 31.1 Å². The predicted molar refractivity (Wildman–Crippen MR) is 83.7 cm³/mol. The van der Waals surface area contributed by atoms with E-state index in [2.05, 4.69) is 25.5 Å². The van der Waals surface area contributed by atoms with Crippen molar-refractivity contribution >= 4 is 11.9 Å². The number of nitrogens with zero attached hydrogens (tertiary/aromatic N) is 3. The summed E-state index contributed by atoms with van der Waals surface area (Å²) in [5.41, 5.74) is 3.77. The fourth-order valence-electron chi connectivity index (χ4n) is 3.01. The third kappa shape index (κ3) is 2.21. The molecule has 1 saturated heterocycles. The molecule has 6 heteroatoms. The van der Waals surface area contributed by atoms with Gasteiger partial charge in [-0.2, -0.15) is 0 Å². The van der Waals surface area contributed by atoms with Crippen LogP contribution in [0.15, 0.2) is 30.6 Å².